The molecule has 0 saturated carbocycles. The Labute approximate surface area is 94.7 Å². The molecule has 82 valence electrons. The summed E-state index contributed by atoms with van der Waals surface area (Å²) in [7, 11) is 2.00. The van der Waals surface area contributed by atoms with Crippen LogP contribution in [-0.4, -0.2) is 9.78 Å². The first kappa shape index (κ1) is 9.46. The number of aryl methyl sites for hydroxylation is 2. The minimum atomic E-state index is 0.642. The average Bonchev–Trinajstić information content (AvgIpc) is 2.66. The van der Waals surface area contributed by atoms with E-state index in [-0.39, 0.29) is 0 Å². The first-order valence-corrected chi connectivity index (χ1v) is 5.58. The van der Waals surface area contributed by atoms with Crippen LogP contribution >= 0.6 is 0 Å². The molecule has 1 aliphatic rings. The zero-order valence-corrected chi connectivity index (χ0v) is 9.53. The van der Waals surface area contributed by atoms with Crippen LogP contribution in [0.4, 0.5) is 0 Å². The van der Waals surface area contributed by atoms with E-state index in [1.54, 1.807) is 0 Å². The maximum atomic E-state index is 5.75. The van der Waals surface area contributed by atoms with Gasteiger partial charge in [-0.1, -0.05) is 19.1 Å². The van der Waals surface area contributed by atoms with Crippen LogP contribution in [0, 0.1) is 0 Å². The third kappa shape index (κ3) is 1.18. The number of aromatic nitrogens is 2. The van der Waals surface area contributed by atoms with Crippen LogP contribution in [0.2, 0.25) is 0 Å². The molecule has 2 heterocycles. The third-order valence-corrected chi connectivity index (χ3v) is 3.08. The van der Waals surface area contributed by atoms with Gasteiger partial charge in [0, 0.05) is 18.2 Å². The van der Waals surface area contributed by atoms with Crippen LogP contribution in [0.1, 0.15) is 18.2 Å². The van der Waals surface area contributed by atoms with Crippen LogP contribution in [-0.2, 0) is 20.1 Å². The summed E-state index contributed by atoms with van der Waals surface area (Å²) in [5, 5.41) is 4.55. The highest BCUT2D eigenvalue weighted by atomic mass is 16.5. The molecule has 1 aliphatic heterocycles. The van der Waals surface area contributed by atoms with Crippen molar-refractivity contribution in [3.8, 4) is 17.0 Å². The SMILES string of the molecule is CCc1nn(C)c2c1COc1ccccc1-2. The number of ether oxygens (including phenoxy) is 1. The van der Waals surface area contributed by atoms with Gasteiger partial charge in [0.1, 0.15) is 12.4 Å². The molecular formula is C13H14N2O. The molecule has 2 aromatic rings. The van der Waals surface area contributed by atoms with Gasteiger partial charge >= 0.3 is 0 Å². The summed E-state index contributed by atoms with van der Waals surface area (Å²) < 4.78 is 7.72. The molecule has 0 fully saturated rings. The summed E-state index contributed by atoms with van der Waals surface area (Å²) in [6.07, 6.45) is 0.953. The molecule has 0 unspecified atom stereocenters. The van der Waals surface area contributed by atoms with E-state index in [1.807, 2.05) is 29.9 Å². The number of benzene rings is 1. The zero-order valence-electron chi connectivity index (χ0n) is 9.53. The Kier molecular flexibility index (Phi) is 1.99. The number of hydrogen-bond acceptors (Lipinski definition) is 2. The van der Waals surface area contributed by atoms with Gasteiger partial charge in [-0.3, -0.25) is 4.68 Å². The first-order chi connectivity index (χ1) is 7.81. The van der Waals surface area contributed by atoms with Gasteiger partial charge in [0.15, 0.2) is 0 Å². The Morgan fingerprint density at radius 3 is 3.00 bits per heavy atom. The lowest BCUT2D eigenvalue weighted by Crippen LogP contribution is -2.07. The number of fused-ring (bicyclic) bond motifs is 3. The first-order valence-electron chi connectivity index (χ1n) is 5.58. The van der Waals surface area contributed by atoms with Crippen molar-refractivity contribution in [3.63, 3.8) is 0 Å². The molecule has 0 aliphatic carbocycles. The van der Waals surface area contributed by atoms with Gasteiger partial charge in [0.05, 0.1) is 11.4 Å². The fourth-order valence-electron chi connectivity index (χ4n) is 2.33. The summed E-state index contributed by atoms with van der Waals surface area (Å²) in [6, 6.07) is 8.14. The minimum absolute atomic E-state index is 0.642. The Balaban J connectivity index is 2.28. The van der Waals surface area contributed by atoms with Crippen molar-refractivity contribution in [2.75, 3.05) is 0 Å². The highest BCUT2D eigenvalue weighted by Gasteiger charge is 2.23. The van der Waals surface area contributed by atoms with Crippen molar-refractivity contribution in [1.29, 1.82) is 0 Å². The Hall–Kier alpha value is -1.77. The smallest absolute Gasteiger partial charge is 0.129 e. The molecule has 0 spiro atoms. The van der Waals surface area contributed by atoms with Crippen molar-refractivity contribution in [2.24, 2.45) is 7.05 Å². The molecule has 3 heteroatoms. The van der Waals surface area contributed by atoms with E-state index in [2.05, 4.69) is 18.1 Å². The van der Waals surface area contributed by atoms with E-state index in [0.717, 1.165) is 23.4 Å². The largest absolute Gasteiger partial charge is 0.488 e. The molecule has 0 saturated heterocycles. The summed E-state index contributed by atoms with van der Waals surface area (Å²) in [4.78, 5) is 0. The van der Waals surface area contributed by atoms with Crippen LogP contribution in [0.25, 0.3) is 11.3 Å². The highest BCUT2D eigenvalue weighted by Crippen LogP contribution is 2.38. The molecule has 3 nitrogen and oxygen atoms in total. The summed E-state index contributed by atoms with van der Waals surface area (Å²) in [5.41, 5.74) is 4.74. The van der Waals surface area contributed by atoms with Gasteiger partial charge in [0.2, 0.25) is 0 Å². The van der Waals surface area contributed by atoms with E-state index in [1.165, 1.54) is 11.3 Å². The molecule has 16 heavy (non-hydrogen) atoms. The van der Waals surface area contributed by atoms with Crippen molar-refractivity contribution in [1.82, 2.24) is 9.78 Å². The number of nitrogens with zero attached hydrogens (tertiary/aromatic N) is 2. The predicted molar refractivity (Wildman–Crippen MR) is 62.4 cm³/mol. The van der Waals surface area contributed by atoms with Crippen LogP contribution in [0.3, 0.4) is 0 Å². The standard InChI is InChI=1S/C13H14N2O/c1-3-11-10-8-16-12-7-5-4-6-9(12)13(10)15(2)14-11/h4-7H,3,8H2,1-2H3. The summed E-state index contributed by atoms with van der Waals surface area (Å²) in [6.45, 7) is 2.77. The summed E-state index contributed by atoms with van der Waals surface area (Å²) in [5.74, 6) is 0.959. The Morgan fingerprint density at radius 1 is 1.38 bits per heavy atom. The lowest BCUT2D eigenvalue weighted by atomic mass is 10.0. The van der Waals surface area contributed by atoms with Crippen molar-refractivity contribution < 1.29 is 4.74 Å². The highest BCUT2D eigenvalue weighted by molar-refractivity contribution is 5.72. The van der Waals surface area contributed by atoms with Gasteiger partial charge in [-0.25, -0.2) is 0 Å². The molecule has 1 aromatic heterocycles. The van der Waals surface area contributed by atoms with Crippen molar-refractivity contribution in [2.45, 2.75) is 20.0 Å². The Bertz CT molecular complexity index is 543. The number of para-hydroxylation sites is 1. The van der Waals surface area contributed by atoms with Crippen molar-refractivity contribution in [3.05, 3.63) is 35.5 Å². The fourth-order valence-corrected chi connectivity index (χ4v) is 2.33. The normalized spacial score (nSPS) is 12.9. The third-order valence-electron chi connectivity index (χ3n) is 3.08. The molecule has 0 N–H and O–H groups in total. The molecule has 0 bridgehead atoms. The monoisotopic (exact) mass is 214 g/mol. The summed E-state index contributed by atoms with van der Waals surface area (Å²) >= 11 is 0. The molecule has 3 rings (SSSR count). The molecular weight excluding hydrogens is 200 g/mol. The van der Waals surface area contributed by atoms with Crippen LogP contribution in [0.5, 0.6) is 5.75 Å². The van der Waals surface area contributed by atoms with E-state index < -0.39 is 0 Å². The van der Waals surface area contributed by atoms with E-state index in [9.17, 15) is 0 Å². The van der Waals surface area contributed by atoms with E-state index in [4.69, 9.17) is 4.74 Å². The van der Waals surface area contributed by atoms with Crippen LogP contribution < -0.4 is 4.74 Å². The minimum Gasteiger partial charge on any atom is -0.488 e. The quantitative estimate of drug-likeness (QED) is 0.729. The number of hydrogen-bond donors (Lipinski definition) is 0. The van der Waals surface area contributed by atoms with Crippen LogP contribution in [0.15, 0.2) is 24.3 Å². The van der Waals surface area contributed by atoms with Gasteiger partial charge in [-0.15, -0.1) is 0 Å². The molecule has 0 atom stereocenters. The second-order valence-corrected chi connectivity index (χ2v) is 4.04. The van der Waals surface area contributed by atoms with E-state index >= 15 is 0 Å². The van der Waals surface area contributed by atoms with Gasteiger partial charge < -0.3 is 4.74 Å². The number of rotatable bonds is 1. The van der Waals surface area contributed by atoms with Gasteiger partial charge in [-0.2, -0.15) is 5.10 Å². The fraction of sp³-hybridized carbons (Fsp3) is 0.308. The van der Waals surface area contributed by atoms with Gasteiger partial charge in [-0.05, 0) is 18.6 Å². The van der Waals surface area contributed by atoms with E-state index in [0.29, 0.717) is 6.61 Å². The maximum absolute atomic E-state index is 5.75. The predicted octanol–water partition coefficient (Wildman–Crippen LogP) is 2.54. The lowest BCUT2D eigenvalue weighted by Gasteiger charge is -2.18. The molecule has 1 aromatic carbocycles. The second-order valence-electron chi connectivity index (χ2n) is 4.04. The maximum Gasteiger partial charge on any atom is 0.129 e. The lowest BCUT2D eigenvalue weighted by molar-refractivity contribution is 0.301. The molecule has 0 amide bonds. The van der Waals surface area contributed by atoms with Gasteiger partial charge in [0.25, 0.3) is 0 Å². The topological polar surface area (TPSA) is 27.1 Å². The zero-order chi connectivity index (χ0) is 11.1. The molecule has 0 radical (unpaired) electrons. The average molecular weight is 214 g/mol. The second kappa shape index (κ2) is 3.37. The van der Waals surface area contributed by atoms with Crippen molar-refractivity contribution >= 4 is 0 Å². The Morgan fingerprint density at radius 2 is 2.19 bits per heavy atom.